The number of hydrogen-bond acceptors (Lipinski definition) is 5. The van der Waals surface area contributed by atoms with Crippen LogP contribution in [0, 0.1) is 17.6 Å². The Balaban J connectivity index is 1.69. The second-order valence-electron chi connectivity index (χ2n) is 7.98. The number of amides is 2. The predicted octanol–water partition coefficient (Wildman–Crippen LogP) is 1.21. The van der Waals surface area contributed by atoms with Crippen molar-refractivity contribution in [3.8, 4) is 5.75 Å². The van der Waals surface area contributed by atoms with Gasteiger partial charge in [0, 0.05) is 51.0 Å². The lowest BCUT2D eigenvalue weighted by Gasteiger charge is -2.35. The maximum atomic E-state index is 13.8. The lowest BCUT2D eigenvalue weighted by molar-refractivity contribution is 0.0664. The van der Waals surface area contributed by atoms with Crippen LogP contribution in [0.4, 0.5) is 8.78 Å². The Labute approximate surface area is 176 Å². The molecule has 8 nitrogen and oxygen atoms in total. The third-order valence-corrected chi connectivity index (χ3v) is 5.99. The van der Waals surface area contributed by atoms with Crippen LogP contribution in [0.25, 0.3) is 0 Å². The number of hydrogen-bond donors (Lipinski definition) is 2. The summed E-state index contributed by atoms with van der Waals surface area (Å²) < 4.78 is 33.6. The van der Waals surface area contributed by atoms with Crippen LogP contribution in [0.2, 0.25) is 0 Å². The molecule has 2 amide bonds. The molecule has 164 valence electrons. The van der Waals surface area contributed by atoms with Crippen molar-refractivity contribution >= 4 is 11.8 Å². The zero-order valence-corrected chi connectivity index (χ0v) is 16.9. The molecule has 1 aliphatic heterocycles. The average Bonchev–Trinajstić information content (AvgIpc) is 3.40. The predicted molar refractivity (Wildman–Crippen MR) is 105 cm³/mol. The Hall–Kier alpha value is -3.27. The first-order valence-electron chi connectivity index (χ1n) is 9.65. The van der Waals surface area contributed by atoms with Gasteiger partial charge in [-0.2, -0.15) is 0 Å². The molecule has 1 aliphatic carbocycles. The van der Waals surface area contributed by atoms with E-state index in [4.69, 9.17) is 4.74 Å². The third kappa shape index (κ3) is 3.36. The third-order valence-electron chi connectivity index (χ3n) is 5.99. The Morgan fingerprint density at radius 1 is 1.35 bits per heavy atom. The quantitative estimate of drug-likeness (QED) is 0.738. The van der Waals surface area contributed by atoms with Crippen molar-refractivity contribution in [2.45, 2.75) is 18.5 Å². The van der Waals surface area contributed by atoms with Gasteiger partial charge in [-0.1, -0.05) is 6.07 Å². The molecule has 2 N–H and O–H groups in total. The zero-order valence-electron chi connectivity index (χ0n) is 16.9. The number of likely N-dealkylation sites (N-methyl/N-ethyl adjacent to an activating group) is 1. The molecule has 0 radical (unpaired) electrons. The van der Waals surface area contributed by atoms with Crippen LogP contribution < -0.4 is 10.7 Å². The first-order chi connectivity index (χ1) is 14.7. The average molecular weight is 433 g/mol. The lowest BCUT2D eigenvalue weighted by atomic mass is 10.0. The van der Waals surface area contributed by atoms with Crippen molar-refractivity contribution < 1.29 is 28.2 Å². The van der Waals surface area contributed by atoms with Gasteiger partial charge in [-0.25, -0.2) is 8.78 Å². The van der Waals surface area contributed by atoms with Gasteiger partial charge in [-0.3, -0.25) is 14.4 Å². The van der Waals surface area contributed by atoms with Gasteiger partial charge >= 0.3 is 0 Å². The number of carbonyl (C=O) groups is 2. The Morgan fingerprint density at radius 2 is 2.10 bits per heavy atom. The number of methoxy groups -OCH3 is 1. The van der Waals surface area contributed by atoms with Crippen molar-refractivity contribution in [1.82, 2.24) is 14.8 Å². The second-order valence-corrected chi connectivity index (χ2v) is 7.98. The van der Waals surface area contributed by atoms with E-state index in [0.29, 0.717) is 25.6 Å². The van der Waals surface area contributed by atoms with E-state index in [2.05, 4.69) is 5.32 Å². The highest BCUT2D eigenvalue weighted by molar-refractivity contribution is 5.99. The van der Waals surface area contributed by atoms with E-state index in [1.54, 1.807) is 14.2 Å². The van der Waals surface area contributed by atoms with Crippen molar-refractivity contribution in [3.05, 3.63) is 63.1 Å². The number of benzene rings is 1. The van der Waals surface area contributed by atoms with Gasteiger partial charge < -0.3 is 24.6 Å². The maximum Gasteiger partial charge on any atom is 0.274 e. The molecule has 1 aromatic heterocycles. The molecule has 2 aliphatic rings. The van der Waals surface area contributed by atoms with Crippen molar-refractivity contribution in [2.24, 2.45) is 5.92 Å². The number of ether oxygens (including phenoxy) is 1. The topological polar surface area (TPSA) is 101 Å². The van der Waals surface area contributed by atoms with Crippen molar-refractivity contribution in [3.63, 3.8) is 0 Å². The monoisotopic (exact) mass is 433 g/mol. The van der Waals surface area contributed by atoms with Crippen LogP contribution in [0.1, 0.15) is 32.8 Å². The van der Waals surface area contributed by atoms with Crippen LogP contribution in [0.15, 0.2) is 29.2 Å². The molecule has 1 spiro atoms. The van der Waals surface area contributed by atoms with Crippen LogP contribution >= 0.6 is 0 Å². The first-order valence-corrected chi connectivity index (χ1v) is 9.65. The van der Waals surface area contributed by atoms with Gasteiger partial charge in [-0.15, -0.1) is 0 Å². The second kappa shape index (κ2) is 7.45. The summed E-state index contributed by atoms with van der Waals surface area (Å²) >= 11 is 0. The van der Waals surface area contributed by atoms with E-state index in [-0.39, 0.29) is 29.3 Å². The number of fused-ring (bicyclic) bond motifs is 2. The molecular formula is C21H21F2N3O5. The summed E-state index contributed by atoms with van der Waals surface area (Å²) in [6, 6.07) is 2.93. The van der Waals surface area contributed by atoms with Crippen LogP contribution in [0.5, 0.6) is 5.75 Å². The normalized spacial score (nSPS) is 21.9. The van der Waals surface area contributed by atoms with E-state index in [0.717, 1.165) is 6.07 Å². The lowest BCUT2D eigenvalue weighted by Crippen LogP contribution is -2.48. The van der Waals surface area contributed by atoms with E-state index in [1.807, 2.05) is 0 Å². The minimum Gasteiger partial charge on any atom is -0.503 e. The number of aromatic nitrogens is 1. The first kappa shape index (κ1) is 21.0. The van der Waals surface area contributed by atoms with Gasteiger partial charge in [0.15, 0.2) is 11.4 Å². The molecular weight excluding hydrogens is 412 g/mol. The molecule has 0 saturated heterocycles. The van der Waals surface area contributed by atoms with Gasteiger partial charge in [0.2, 0.25) is 5.43 Å². The zero-order chi connectivity index (χ0) is 22.5. The number of nitrogens with one attached hydrogen (secondary N) is 1. The highest BCUT2D eigenvalue weighted by atomic mass is 19.1. The number of halogens is 2. The molecule has 0 bridgehead atoms. The van der Waals surface area contributed by atoms with Crippen molar-refractivity contribution in [1.29, 1.82) is 0 Å². The van der Waals surface area contributed by atoms with Crippen LogP contribution in [-0.2, 0) is 16.8 Å². The van der Waals surface area contributed by atoms with Gasteiger partial charge in [-0.05, 0) is 12.5 Å². The Morgan fingerprint density at radius 3 is 2.77 bits per heavy atom. The summed E-state index contributed by atoms with van der Waals surface area (Å²) in [6.07, 6.45) is 1.92. The summed E-state index contributed by atoms with van der Waals surface area (Å²) in [4.78, 5) is 39.4. The standard InChI is InChI=1S/C21H21F2N3O5/c1-25-10-21(6-12(21)9-31-2)26-8-14(17(27)18(28)16(26)20(25)30)19(29)24-7-11-3-4-13(22)5-15(11)23/h3-5,8,12,28H,6-7,9-10H2,1-2H3,(H,24,29). The number of nitrogens with zero attached hydrogens (tertiary/aromatic N) is 2. The van der Waals surface area contributed by atoms with E-state index < -0.39 is 40.2 Å². The SMILES string of the molecule is COCC1CC12CN(C)C(=O)c1c(O)c(=O)c(C(=O)NCc3ccc(F)cc3F)cn12. The minimum absolute atomic E-state index is 0.0349. The summed E-state index contributed by atoms with van der Waals surface area (Å²) in [5.74, 6) is -3.72. The van der Waals surface area contributed by atoms with Crippen LogP contribution in [-0.4, -0.2) is 53.7 Å². The molecule has 2 unspecified atom stereocenters. The maximum absolute atomic E-state index is 13.8. The fraction of sp³-hybridized carbons (Fsp3) is 0.381. The summed E-state index contributed by atoms with van der Waals surface area (Å²) in [6.45, 7) is 0.475. The molecule has 1 saturated carbocycles. The van der Waals surface area contributed by atoms with Crippen LogP contribution in [0.3, 0.4) is 0 Å². The van der Waals surface area contributed by atoms with Gasteiger partial charge in [0.25, 0.3) is 11.8 Å². The van der Waals surface area contributed by atoms with Gasteiger partial charge in [0.05, 0.1) is 12.1 Å². The smallest absolute Gasteiger partial charge is 0.274 e. The number of aromatic hydroxyl groups is 1. The van der Waals surface area contributed by atoms with Crippen molar-refractivity contribution in [2.75, 3.05) is 27.3 Å². The highest BCUT2D eigenvalue weighted by Gasteiger charge is 2.60. The molecule has 2 atom stereocenters. The Bertz CT molecular complexity index is 1150. The largest absolute Gasteiger partial charge is 0.503 e. The summed E-state index contributed by atoms with van der Waals surface area (Å²) in [5.41, 5.74) is -2.09. The van der Waals surface area contributed by atoms with Gasteiger partial charge in [0.1, 0.15) is 17.2 Å². The number of pyridine rings is 1. The molecule has 31 heavy (non-hydrogen) atoms. The fourth-order valence-electron chi connectivity index (χ4n) is 4.27. The fourth-order valence-corrected chi connectivity index (χ4v) is 4.27. The summed E-state index contributed by atoms with van der Waals surface area (Å²) in [5, 5.41) is 12.9. The summed E-state index contributed by atoms with van der Waals surface area (Å²) in [7, 11) is 3.14. The number of carbonyl (C=O) groups excluding carboxylic acids is 2. The molecule has 1 aromatic carbocycles. The molecule has 10 heteroatoms. The van der Waals surface area contributed by atoms with E-state index in [9.17, 15) is 28.3 Å². The minimum atomic E-state index is -0.994. The number of rotatable bonds is 5. The molecule has 4 rings (SSSR count). The highest BCUT2D eigenvalue weighted by Crippen LogP contribution is 2.53. The van der Waals surface area contributed by atoms with E-state index in [1.165, 1.54) is 21.7 Å². The molecule has 2 heterocycles. The molecule has 1 fully saturated rings. The van der Waals surface area contributed by atoms with E-state index >= 15 is 0 Å². The Kier molecular flexibility index (Phi) is 5.04. The molecule has 2 aromatic rings.